The van der Waals surface area contributed by atoms with Gasteiger partial charge in [-0.05, 0) is 24.3 Å². The highest BCUT2D eigenvalue weighted by Crippen LogP contribution is 2.16. The topological polar surface area (TPSA) is 78.0 Å². The first kappa shape index (κ1) is 13.7. The number of hydrogen-bond acceptors (Lipinski definition) is 5. The Hall–Kier alpha value is -2.96. The third-order valence-electron chi connectivity index (χ3n) is 4.02. The van der Waals surface area contributed by atoms with Crippen molar-refractivity contribution in [3.63, 3.8) is 0 Å². The molecule has 1 aliphatic rings. The minimum absolute atomic E-state index is 0.0108. The zero-order valence-electron chi connectivity index (χ0n) is 12.5. The molecule has 116 valence electrons. The Morgan fingerprint density at radius 1 is 1.00 bits per heavy atom. The number of piperazine rings is 1. The summed E-state index contributed by atoms with van der Waals surface area (Å²) in [6.45, 7) is 2.77. The van der Waals surface area contributed by atoms with Gasteiger partial charge in [0.15, 0.2) is 0 Å². The van der Waals surface area contributed by atoms with Crippen molar-refractivity contribution in [3.05, 3.63) is 48.5 Å². The van der Waals surface area contributed by atoms with E-state index in [4.69, 9.17) is 0 Å². The molecular weight excluding hydrogens is 292 g/mol. The number of rotatable bonds is 2. The lowest BCUT2D eigenvalue weighted by Crippen LogP contribution is -2.49. The molecule has 7 heteroatoms. The van der Waals surface area contributed by atoms with Gasteiger partial charge >= 0.3 is 0 Å². The molecule has 0 unspecified atom stereocenters. The van der Waals surface area contributed by atoms with Crippen LogP contribution in [0.25, 0.3) is 11.0 Å². The fourth-order valence-corrected chi connectivity index (χ4v) is 2.81. The fraction of sp³-hybridized carbons (Fsp3) is 0.250. The average molecular weight is 308 g/mol. The summed E-state index contributed by atoms with van der Waals surface area (Å²) in [6, 6.07) is 7.38. The van der Waals surface area contributed by atoms with Gasteiger partial charge < -0.3 is 14.8 Å². The zero-order valence-corrected chi connectivity index (χ0v) is 12.5. The van der Waals surface area contributed by atoms with Crippen molar-refractivity contribution >= 4 is 22.9 Å². The van der Waals surface area contributed by atoms with Gasteiger partial charge in [-0.3, -0.25) is 9.78 Å². The molecule has 0 atom stereocenters. The summed E-state index contributed by atoms with van der Waals surface area (Å²) in [5, 5.41) is 0. The van der Waals surface area contributed by atoms with E-state index in [1.807, 2.05) is 23.1 Å². The van der Waals surface area contributed by atoms with Crippen molar-refractivity contribution in [1.82, 2.24) is 24.8 Å². The Labute approximate surface area is 133 Å². The summed E-state index contributed by atoms with van der Waals surface area (Å²) >= 11 is 0. The van der Waals surface area contributed by atoms with Crippen LogP contribution in [0, 0.1) is 0 Å². The summed E-state index contributed by atoms with van der Waals surface area (Å²) in [7, 11) is 0. The van der Waals surface area contributed by atoms with Crippen molar-refractivity contribution in [2.75, 3.05) is 31.1 Å². The van der Waals surface area contributed by atoms with Gasteiger partial charge in [-0.25, -0.2) is 9.97 Å². The molecule has 3 aromatic heterocycles. The number of aromatic nitrogens is 4. The predicted molar refractivity (Wildman–Crippen MR) is 86.2 cm³/mol. The van der Waals surface area contributed by atoms with E-state index in [0.717, 1.165) is 30.1 Å². The molecule has 23 heavy (non-hydrogen) atoms. The first-order valence-corrected chi connectivity index (χ1v) is 7.56. The Morgan fingerprint density at radius 3 is 2.48 bits per heavy atom. The Balaban J connectivity index is 1.46. The van der Waals surface area contributed by atoms with Crippen LogP contribution < -0.4 is 4.90 Å². The molecular formula is C16H16N6O. The van der Waals surface area contributed by atoms with Crippen LogP contribution in [-0.4, -0.2) is 56.9 Å². The van der Waals surface area contributed by atoms with Crippen LogP contribution in [0.3, 0.4) is 0 Å². The third kappa shape index (κ3) is 2.61. The van der Waals surface area contributed by atoms with Crippen LogP contribution in [0.15, 0.2) is 42.9 Å². The molecule has 7 nitrogen and oxygen atoms in total. The van der Waals surface area contributed by atoms with Crippen LogP contribution in [0.1, 0.15) is 10.5 Å². The number of pyridine rings is 1. The van der Waals surface area contributed by atoms with Gasteiger partial charge in [-0.15, -0.1) is 0 Å². The van der Waals surface area contributed by atoms with Crippen LogP contribution in [-0.2, 0) is 0 Å². The molecule has 0 radical (unpaired) electrons. The summed E-state index contributed by atoms with van der Waals surface area (Å²) in [5.41, 5.74) is 2.28. The molecule has 1 fully saturated rings. The molecule has 1 aliphatic heterocycles. The molecule has 1 N–H and O–H groups in total. The highest BCUT2D eigenvalue weighted by molar-refractivity contribution is 5.97. The monoisotopic (exact) mass is 308 g/mol. The Bertz CT molecular complexity index is 790. The maximum Gasteiger partial charge on any atom is 0.270 e. The molecule has 4 heterocycles. The number of fused-ring (bicyclic) bond motifs is 1. The van der Waals surface area contributed by atoms with Crippen molar-refractivity contribution in [3.8, 4) is 0 Å². The molecule has 0 aromatic carbocycles. The molecule has 1 saturated heterocycles. The molecule has 3 aromatic rings. The normalized spacial score (nSPS) is 15.1. The molecule has 0 bridgehead atoms. The van der Waals surface area contributed by atoms with E-state index in [0.29, 0.717) is 18.8 Å². The number of aromatic amines is 1. The number of hydrogen-bond donors (Lipinski definition) is 1. The number of amides is 1. The van der Waals surface area contributed by atoms with Gasteiger partial charge in [0.1, 0.15) is 5.69 Å². The van der Waals surface area contributed by atoms with Crippen LogP contribution in [0.5, 0.6) is 0 Å². The maximum atomic E-state index is 12.6. The van der Waals surface area contributed by atoms with Crippen LogP contribution >= 0.6 is 0 Å². The lowest BCUT2D eigenvalue weighted by molar-refractivity contribution is 0.0741. The molecule has 0 saturated carbocycles. The van der Waals surface area contributed by atoms with E-state index in [2.05, 4.69) is 24.8 Å². The van der Waals surface area contributed by atoms with E-state index >= 15 is 0 Å². The summed E-state index contributed by atoms with van der Waals surface area (Å²) in [4.78, 5) is 32.5. The van der Waals surface area contributed by atoms with E-state index in [9.17, 15) is 4.79 Å². The first-order chi connectivity index (χ1) is 11.3. The number of nitrogens with one attached hydrogen (secondary N) is 1. The second kappa shape index (κ2) is 5.68. The van der Waals surface area contributed by atoms with Crippen molar-refractivity contribution in [2.45, 2.75) is 0 Å². The van der Waals surface area contributed by atoms with E-state index in [1.165, 1.54) is 0 Å². The second-order valence-corrected chi connectivity index (χ2v) is 5.45. The SMILES string of the molecule is O=C(c1cc2ncccc2[nH]1)N1CCN(c2ncccn2)CC1. The number of H-pyrrole nitrogens is 1. The van der Waals surface area contributed by atoms with Gasteiger partial charge in [-0.2, -0.15) is 0 Å². The summed E-state index contributed by atoms with van der Waals surface area (Å²) in [6.07, 6.45) is 5.19. The second-order valence-electron chi connectivity index (χ2n) is 5.45. The van der Waals surface area contributed by atoms with Crippen molar-refractivity contribution in [1.29, 1.82) is 0 Å². The van der Waals surface area contributed by atoms with Crippen LogP contribution in [0.2, 0.25) is 0 Å². The standard InChI is InChI=1S/C16H16N6O/c23-15(14-11-13-12(20-14)3-1-4-17-13)21-7-9-22(10-8-21)16-18-5-2-6-19-16/h1-6,11,20H,7-10H2. The first-order valence-electron chi connectivity index (χ1n) is 7.56. The number of carbonyl (C=O) groups is 1. The molecule has 4 rings (SSSR count). The minimum atomic E-state index is 0.0108. The van der Waals surface area contributed by atoms with Gasteiger partial charge in [0, 0.05) is 44.8 Å². The van der Waals surface area contributed by atoms with Crippen molar-refractivity contribution < 1.29 is 4.79 Å². The van der Waals surface area contributed by atoms with E-state index in [-0.39, 0.29) is 5.91 Å². The maximum absolute atomic E-state index is 12.6. The Morgan fingerprint density at radius 2 is 1.74 bits per heavy atom. The lowest BCUT2D eigenvalue weighted by Gasteiger charge is -2.34. The smallest absolute Gasteiger partial charge is 0.270 e. The molecule has 0 aliphatic carbocycles. The van der Waals surface area contributed by atoms with Crippen LogP contribution in [0.4, 0.5) is 5.95 Å². The minimum Gasteiger partial charge on any atom is -0.349 e. The average Bonchev–Trinajstić information content (AvgIpc) is 3.06. The Kier molecular flexibility index (Phi) is 3.38. The number of nitrogens with zero attached hydrogens (tertiary/aromatic N) is 5. The summed E-state index contributed by atoms with van der Waals surface area (Å²) in [5.74, 6) is 0.728. The van der Waals surface area contributed by atoms with Gasteiger partial charge in [-0.1, -0.05) is 0 Å². The predicted octanol–water partition coefficient (Wildman–Crippen LogP) is 1.32. The largest absolute Gasteiger partial charge is 0.349 e. The molecule has 0 spiro atoms. The van der Waals surface area contributed by atoms with E-state index < -0.39 is 0 Å². The fourth-order valence-electron chi connectivity index (χ4n) is 2.81. The van der Waals surface area contributed by atoms with Gasteiger partial charge in [0.05, 0.1) is 11.0 Å². The number of carbonyl (C=O) groups excluding carboxylic acids is 1. The highest BCUT2D eigenvalue weighted by Gasteiger charge is 2.24. The highest BCUT2D eigenvalue weighted by atomic mass is 16.2. The molecule has 1 amide bonds. The van der Waals surface area contributed by atoms with Gasteiger partial charge in [0.25, 0.3) is 5.91 Å². The lowest BCUT2D eigenvalue weighted by atomic mass is 10.3. The van der Waals surface area contributed by atoms with E-state index in [1.54, 1.807) is 24.7 Å². The van der Waals surface area contributed by atoms with Gasteiger partial charge in [0.2, 0.25) is 5.95 Å². The number of anilines is 1. The third-order valence-corrected chi connectivity index (χ3v) is 4.02. The van der Waals surface area contributed by atoms with Crippen molar-refractivity contribution in [2.24, 2.45) is 0 Å². The quantitative estimate of drug-likeness (QED) is 0.772. The summed E-state index contributed by atoms with van der Waals surface area (Å²) < 4.78 is 0. The zero-order chi connectivity index (χ0) is 15.6.